The molecule has 4 nitrogen and oxygen atoms in total. The Bertz CT molecular complexity index is 513. The molecule has 0 N–H and O–H groups in total. The lowest BCUT2D eigenvalue weighted by Gasteiger charge is -2.19. The van der Waals surface area contributed by atoms with E-state index in [1.807, 2.05) is 20.8 Å². The van der Waals surface area contributed by atoms with Crippen LogP contribution in [0.3, 0.4) is 0 Å². The highest BCUT2D eigenvalue weighted by Crippen LogP contribution is 2.30. The number of rotatable bonds is 2. The number of nitrogens with zero attached hydrogens (tertiary/aromatic N) is 1. The lowest BCUT2D eigenvalue weighted by molar-refractivity contribution is 0.587. The van der Waals surface area contributed by atoms with Gasteiger partial charge in [-0.25, -0.2) is 8.42 Å². The van der Waals surface area contributed by atoms with Gasteiger partial charge in [-0.2, -0.15) is 0 Å². The zero-order valence-corrected chi connectivity index (χ0v) is 10.6. The molecule has 0 atom stereocenters. The molecule has 0 aliphatic rings. The Morgan fingerprint density at radius 3 is 2.12 bits per heavy atom. The van der Waals surface area contributed by atoms with Crippen LogP contribution in [-0.4, -0.2) is 14.7 Å². The van der Waals surface area contributed by atoms with Crippen molar-refractivity contribution in [3.63, 3.8) is 0 Å². The lowest BCUT2D eigenvalue weighted by atomic mass is 9.87. The van der Waals surface area contributed by atoms with Crippen LogP contribution in [0.15, 0.2) is 28.3 Å². The lowest BCUT2D eigenvalue weighted by Crippen LogP contribution is -2.11. The van der Waals surface area contributed by atoms with Crippen molar-refractivity contribution in [3.05, 3.63) is 28.7 Å². The molecule has 0 saturated heterocycles. The molecule has 0 aromatic heterocycles. The molecule has 0 radical (unpaired) electrons. The molecule has 0 spiro atoms. The van der Waals surface area contributed by atoms with Gasteiger partial charge in [0.2, 0.25) is 0 Å². The number of hydrogen-bond acceptors (Lipinski definition) is 4. The topological polar surface area (TPSA) is 63.6 Å². The zero-order valence-electron chi connectivity index (χ0n) is 9.81. The van der Waals surface area contributed by atoms with Crippen LogP contribution in [0, 0.1) is 4.91 Å². The van der Waals surface area contributed by atoms with Crippen molar-refractivity contribution in [1.82, 2.24) is 0 Å². The Morgan fingerprint density at radius 2 is 1.75 bits per heavy atom. The predicted octanol–water partition coefficient (Wildman–Crippen LogP) is 2.79. The van der Waals surface area contributed by atoms with Crippen molar-refractivity contribution >= 4 is 15.5 Å². The van der Waals surface area contributed by atoms with Crippen molar-refractivity contribution in [2.75, 3.05) is 6.26 Å². The van der Waals surface area contributed by atoms with Gasteiger partial charge in [-0.1, -0.05) is 26.8 Å². The van der Waals surface area contributed by atoms with Crippen molar-refractivity contribution in [2.45, 2.75) is 31.1 Å². The highest BCUT2D eigenvalue weighted by atomic mass is 32.2. The summed E-state index contributed by atoms with van der Waals surface area (Å²) < 4.78 is 22.7. The molecule has 0 fully saturated rings. The molecular formula is C11H15NO3S. The van der Waals surface area contributed by atoms with E-state index in [-0.39, 0.29) is 16.0 Å². The molecule has 5 heteroatoms. The minimum absolute atomic E-state index is 0.0181. The first-order chi connectivity index (χ1) is 7.16. The fourth-order valence-corrected chi connectivity index (χ4v) is 2.16. The van der Waals surface area contributed by atoms with Crippen LogP contribution >= 0.6 is 0 Å². The highest BCUT2D eigenvalue weighted by molar-refractivity contribution is 7.90. The Labute approximate surface area is 95.6 Å². The average Bonchev–Trinajstić information content (AvgIpc) is 2.14. The third-order valence-corrected chi connectivity index (χ3v) is 3.47. The normalized spacial score (nSPS) is 12.5. The fraction of sp³-hybridized carbons (Fsp3) is 0.455. The van der Waals surface area contributed by atoms with Crippen LogP contribution in [0.4, 0.5) is 5.69 Å². The summed E-state index contributed by atoms with van der Waals surface area (Å²) in [6.07, 6.45) is 1.06. The van der Waals surface area contributed by atoms with E-state index in [2.05, 4.69) is 5.18 Å². The Balaban J connectivity index is 3.46. The maximum Gasteiger partial charge on any atom is 0.177 e. The van der Waals surface area contributed by atoms with Crippen LogP contribution in [0.1, 0.15) is 26.3 Å². The van der Waals surface area contributed by atoms with E-state index >= 15 is 0 Å². The van der Waals surface area contributed by atoms with Crippen LogP contribution in [-0.2, 0) is 15.3 Å². The van der Waals surface area contributed by atoms with Crippen LogP contribution in [0.25, 0.3) is 0 Å². The van der Waals surface area contributed by atoms with E-state index in [0.717, 1.165) is 11.8 Å². The van der Waals surface area contributed by atoms with E-state index in [1.54, 1.807) is 6.07 Å². The molecule has 1 rings (SSSR count). The average molecular weight is 241 g/mol. The molecule has 0 bridgehead atoms. The Morgan fingerprint density at radius 1 is 1.19 bits per heavy atom. The molecule has 0 aliphatic carbocycles. The predicted molar refractivity (Wildman–Crippen MR) is 63.7 cm³/mol. The van der Waals surface area contributed by atoms with Gasteiger partial charge in [0, 0.05) is 6.26 Å². The molecule has 0 amide bonds. The maximum atomic E-state index is 11.4. The second-order valence-corrected chi connectivity index (χ2v) is 6.78. The molecular weight excluding hydrogens is 226 g/mol. The summed E-state index contributed by atoms with van der Waals surface area (Å²) in [7, 11) is -3.40. The third-order valence-electron chi connectivity index (χ3n) is 2.32. The van der Waals surface area contributed by atoms with Crippen molar-refractivity contribution in [2.24, 2.45) is 5.18 Å². The summed E-state index contributed by atoms with van der Waals surface area (Å²) in [5, 5.41) is 2.78. The fourth-order valence-electron chi connectivity index (χ4n) is 1.37. The van der Waals surface area contributed by atoms with Crippen LogP contribution in [0.2, 0.25) is 0 Å². The van der Waals surface area contributed by atoms with Crippen molar-refractivity contribution < 1.29 is 8.42 Å². The summed E-state index contributed by atoms with van der Waals surface area (Å²) in [6, 6.07) is 4.68. The molecule has 0 unspecified atom stereocenters. The molecule has 16 heavy (non-hydrogen) atoms. The molecule has 0 saturated carbocycles. The minimum Gasteiger partial charge on any atom is -0.224 e. The van der Waals surface area contributed by atoms with Crippen LogP contribution < -0.4 is 0 Å². The smallest absolute Gasteiger partial charge is 0.177 e. The molecule has 0 aliphatic heterocycles. The van der Waals surface area contributed by atoms with Gasteiger partial charge >= 0.3 is 0 Å². The van der Waals surface area contributed by atoms with Gasteiger partial charge in [-0.15, -0.1) is 4.91 Å². The van der Waals surface area contributed by atoms with Gasteiger partial charge in [0.25, 0.3) is 0 Å². The SMILES string of the molecule is CC(C)(C)c1ccc(S(C)(=O)=O)c(N=O)c1. The van der Waals surface area contributed by atoms with Crippen molar-refractivity contribution in [1.29, 1.82) is 0 Å². The van der Waals surface area contributed by atoms with E-state index in [4.69, 9.17) is 0 Å². The minimum atomic E-state index is -3.40. The first kappa shape index (κ1) is 12.8. The van der Waals surface area contributed by atoms with Gasteiger partial charge < -0.3 is 0 Å². The van der Waals surface area contributed by atoms with E-state index < -0.39 is 9.84 Å². The summed E-state index contributed by atoms with van der Waals surface area (Å²) in [4.78, 5) is 10.6. The van der Waals surface area contributed by atoms with Gasteiger partial charge in [-0.05, 0) is 28.3 Å². The monoisotopic (exact) mass is 241 g/mol. The van der Waals surface area contributed by atoms with Crippen LogP contribution in [0.5, 0.6) is 0 Å². The first-order valence-electron chi connectivity index (χ1n) is 4.84. The first-order valence-corrected chi connectivity index (χ1v) is 6.73. The number of hydrogen-bond donors (Lipinski definition) is 0. The van der Waals surface area contributed by atoms with E-state index in [9.17, 15) is 13.3 Å². The summed E-state index contributed by atoms with van der Waals surface area (Å²) in [6.45, 7) is 5.95. The number of benzene rings is 1. The Kier molecular flexibility index (Phi) is 3.19. The summed E-state index contributed by atoms with van der Waals surface area (Å²) >= 11 is 0. The quantitative estimate of drug-likeness (QED) is 0.748. The van der Waals surface area contributed by atoms with Gasteiger partial charge in [0.05, 0.1) is 4.90 Å². The summed E-state index contributed by atoms with van der Waals surface area (Å²) in [5.74, 6) is 0. The molecule has 1 aromatic carbocycles. The molecule has 88 valence electrons. The van der Waals surface area contributed by atoms with Gasteiger partial charge in [0.15, 0.2) is 9.84 Å². The second kappa shape index (κ2) is 3.97. The number of nitroso groups, excluding NO2 is 1. The standard InChI is InChI=1S/C11H15NO3S/c1-11(2,3)8-5-6-10(16(4,14)15)9(7-8)12-13/h5-7H,1-4H3. The van der Waals surface area contributed by atoms with Crippen molar-refractivity contribution in [3.8, 4) is 0 Å². The third kappa shape index (κ3) is 2.66. The van der Waals surface area contributed by atoms with Gasteiger partial charge in [-0.3, -0.25) is 0 Å². The highest BCUT2D eigenvalue weighted by Gasteiger charge is 2.19. The van der Waals surface area contributed by atoms with E-state index in [0.29, 0.717) is 0 Å². The molecule has 1 aromatic rings. The number of sulfone groups is 1. The maximum absolute atomic E-state index is 11.4. The zero-order chi connectivity index (χ0) is 12.6. The summed E-state index contributed by atoms with van der Waals surface area (Å²) in [5.41, 5.74) is 0.722. The largest absolute Gasteiger partial charge is 0.224 e. The van der Waals surface area contributed by atoms with Gasteiger partial charge in [0.1, 0.15) is 5.69 Å². The second-order valence-electron chi connectivity index (χ2n) is 4.80. The Hall–Kier alpha value is -1.23. The molecule has 0 heterocycles. The van der Waals surface area contributed by atoms with E-state index in [1.165, 1.54) is 12.1 Å².